The number of nitrogens with one attached hydrogen (secondary N) is 5. The van der Waals surface area contributed by atoms with Gasteiger partial charge in [0.15, 0.2) is 40.8 Å². The molecule has 0 heterocycles. The van der Waals surface area contributed by atoms with Gasteiger partial charge in [-0.15, -0.1) is 0 Å². The number of aliphatic hydroxyl groups is 2. The Balaban J connectivity index is 2.53. The molecule has 0 aliphatic heterocycles. The predicted molar refractivity (Wildman–Crippen MR) is 390 cm³/mol. The summed E-state index contributed by atoms with van der Waals surface area (Å²) in [5, 5.41) is 46.9. The van der Waals surface area contributed by atoms with Gasteiger partial charge in [0, 0.05) is 74.8 Å². The number of nitrogens with two attached hydrogens (primary N) is 7. The van der Waals surface area contributed by atoms with Gasteiger partial charge in [0.2, 0.25) is 35.4 Å². The van der Waals surface area contributed by atoms with Crippen molar-refractivity contribution in [3.05, 3.63) is 48.0 Å². The fraction of sp³-hybridized carbons (Fsp3) is 0.662. The number of aliphatic imine (C=N–C) groups is 2. The van der Waals surface area contributed by atoms with Gasteiger partial charge in [-0.25, -0.2) is 0 Å². The number of nitrogens with zero attached hydrogens (tertiary/aromatic N) is 2. The van der Waals surface area contributed by atoms with Crippen LogP contribution in [-0.2, 0) is 64.0 Å². The van der Waals surface area contributed by atoms with Gasteiger partial charge in [-0.2, -0.15) is 11.8 Å². The van der Waals surface area contributed by atoms with Crippen molar-refractivity contribution in [3.63, 3.8) is 0 Å². The number of carbonyl (C=O) groups is 12. The number of hydrogen-bond acceptors (Lipinski definition) is 19. The third kappa shape index (κ3) is 35.0. The van der Waals surface area contributed by atoms with E-state index in [9.17, 15) is 72.9 Å². The van der Waals surface area contributed by atoms with E-state index in [0.29, 0.717) is 37.8 Å². The third-order valence-electron chi connectivity index (χ3n) is 17.5. The van der Waals surface area contributed by atoms with Gasteiger partial charge in [0.1, 0.15) is 12.1 Å². The first-order chi connectivity index (χ1) is 47.7. The molecule has 6 amide bonds. The number of benzene rings is 2. The van der Waals surface area contributed by atoms with Crippen LogP contribution in [0.5, 0.6) is 0 Å². The van der Waals surface area contributed by atoms with Crippen molar-refractivity contribution >= 4 is 105 Å². The molecule has 0 fully saturated rings. The molecule has 101 heavy (non-hydrogen) atoms. The molecule has 0 aliphatic rings. The summed E-state index contributed by atoms with van der Waals surface area (Å²) in [5.41, 5.74) is 40.1. The van der Waals surface area contributed by atoms with Gasteiger partial charge in [-0.05, 0) is 144 Å². The van der Waals surface area contributed by atoms with Crippen LogP contribution in [-0.4, -0.2) is 179 Å². The first-order valence-corrected chi connectivity index (χ1v) is 36.6. The van der Waals surface area contributed by atoms with Gasteiger partial charge in [0.25, 0.3) is 0 Å². The lowest BCUT2D eigenvalue weighted by atomic mass is 9.87. The summed E-state index contributed by atoms with van der Waals surface area (Å²) < 4.78 is 0. The summed E-state index contributed by atoms with van der Waals surface area (Å²) >= 11 is 1.31. The number of carboxylic acids is 1. The van der Waals surface area contributed by atoms with Crippen LogP contribution in [0.4, 0.5) is 0 Å². The van der Waals surface area contributed by atoms with Crippen LogP contribution in [0.2, 0.25) is 0 Å². The number of hydrogen-bond donors (Lipinski definition) is 15. The topological polar surface area (TPSA) is 533 Å². The lowest BCUT2D eigenvalue weighted by molar-refractivity contribution is -0.143. The zero-order valence-corrected chi connectivity index (χ0v) is 60.9. The molecule has 0 saturated heterocycles. The van der Waals surface area contributed by atoms with Gasteiger partial charge >= 0.3 is 5.97 Å². The standard InChI is InChI=1S/C71H116N14O15S/c1-41(2)30-50(64(74)95)36-57(88)54(21-15-28-80-71(77)78)82-68(99)51(33-45-22-23-46-17-8-9-18-47(46)32-45)37-58(89)53(20-11-13-26-73)81-69(100)52(39-62(93)94)38-61(92)63(44(6)87)85-67(98)49(24-29-101-7)35-60(91)56(40-86)84-66(97)48(19-14-27-79-70(75)76)34-59(90)55(31-42(3)4)83-65(96)43(5)16-10-12-25-72/h8-9,17-18,22-23,32,41-44,48-56,63,86-87H,10-16,19-21,24-31,33-40,72-73H2,1-7H3,(H2,74,95)(H,81,100)(H,82,99)(H,83,96)(H,84,97)(H,85,98)(H,93,94)(H4,75,76,79)(H4,77,78,80)/t43-,44+,48+,49+,50+,51+,52-,53-,54-,55-,56-,63-/m0/s1. The highest BCUT2D eigenvalue weighted by Crippen LogP contribution is 2.26. The number of unbranched alkanes of at least 4 members (excludes halogenated alkanes) is 2. The molecule has 29 nitrogen and oxygen atoms in total. The minimum Gasteiger partial charge on any atom is -0.481 e. The molecule has 0 radical (unpaired) electrons. The summed E-state index contributed by atoms with van der Waals surface area (Å²) in [6.45, 7) is 10.3. The number of guanidine groups is 2. The van der Waals surface area contributed by atoms with Crippen LogP contribution in [0, 0.1) is 47.3 Å². The Morgan fingerprint density at radius 1 is 0.475 bits per heavy atom. The van der Waals surface area contributed by atoms with Crippen LogP contribution in [0.3, 0.4) is 0 Å². The molecule has 2 aromatic rings. The van der Waals surface area contributed by atoms with Gasteiger partial charge in [-0.1, -0.05) is 83.5 Å². The molecule has 0 aliphatic carbocycles. The summed E-state index contributed by atoms with van der Waals surface area (Å²) in [4.78, 5) is 176. The number of carboxylic acid groups (broad SMARTS) is 1. The van der Waals surface area contributed by atoms with Crippen molar-refractivity contribution in [2.45, 2.75) is 206 Å². The fourth-order valence-electron chi connectivity index (χ4n) is 11.9. The second kappa shape index (κ2) is 48.0. The molecule has 2 aromatic carbocycles. The van der Waals surface area contributed by atoms with E-state index in [1.54, 1.807) is 19.2 Å². The highest BCUT2D eigenvalue weighted by atomic mass is 32.2. The quantitative estimate of drug-likeness (QED) is 0.0255. The summed E-state index contributed by atoms with van der Waals surface area (Å²) in [6.07, 6.45) is 0.0517. The molecule has 0 aromatic heterocycles. The monoisotopic (exact) mass is 1440 g/mol. The number of aliphatic hydroxyl groups excluding tert-OH is 2. The van der Waals surface area contributed by atoms with Crippen molar-refractivity contribution < 1.29 is 72.9 Å². The Hall–Kier alpha value is -7.93. The molecule has 2 rings (SSSR count). The highest BCUT2D eigenvalue weighted by molar-refractivity contribution is 7.98. The Bertz CT molecular complexity index is 3090. The van der Waals surface area contributed by atoms with E-state index in [-0.39, 0.29) is 126 Å². The zero-order valence-electron chi connectivity index (χ0n) is 60.1. The number of carbonyl (C=O) groups excluding carboxylic acids is 11. The fourth-order valence-corrected chi connectivity index (χ4v) is 12.4. The minimum absolute atomic E-state index is 0.00324. The molecule has 0 bridgehead atoms. The Morgan fingerprint density at radius 3 is 1.46 bits per heavy atom. The molecule has 22 N–H and O–H groups in total. The number of Topliss-reactive ketones (excluding diaryl/α,β-unsaturated/α-hetero) is 5. The summed E-state index contributed by atoms with van der Waals surface area (Å²) in [5.74, 6) is -16.1. The van der Waals surface area contributed by atoms with E-state index in [2.05, 4.69) is 36.6 Å². The molecule has 0 unspecified atom stereocenters. The number of ketones is 5. The first-order valence-electron chi connectivity index (χ1n) is 35.2. The van der Waals surface area contributed by atoms with Gasteiger partial charge in [-0.3, -0.25) is 67.5 Å². The smallest absolute Gasteiger partial charge is 0.304 e. The maximum Gasteiger partial charge on any atom is 0.304 e. The van der Waals surface area contributed by atoms with E-state index in [0.717, 1.165) is 17.2 Å². The first kappa shape index (κ1) is 89.2. The molecule has 30 heteroatoms. The number of rotatable bonds is 55. The van der Waals surface area contributed by atoms with Crippen LogP contribution in [0.25, 0.3) is 10.8 Å². The highest BCUT2D eigenvalue weighted by Gasteiger charge is 2.38. The molecule has 0 spiro atoms. The van der Waals surface area contributed by atoms with Crippen molar-refractivity contribution in [1.82, 2.24) is 26.6 Å². The van der Waals surface area contributed by atoms with E-state index in [1.807, 2.05) is 64.1 Å². The summed E-state index contributed by atoms with van der Waals surface area (Å²) in [6, 6.07) is 6.05. The molecule has 566 valence electrons. The average molecular weight is 1440 g/mol. The van der Waals surface area contributed by atoms with Crippen LogP contribution in [0.15, 0.2) is 52.4 Å². The van der Waals surface area contributed by atoms with E-state index in [1.165, 1.54) is 18.7 Å². The molecule has 0 saturated carbocycles. The maximum atomic E-state index is 14.8. The molecular weight excluding hydrogens is 1320 g/mol. The number of aliphatic carboxylic acids is 1. The van der Waals surface area contributed by atoms with Crippen LogP contribution >= 0.6 is 11.8 Å². The van der Waals surface area contributed by atoms with Crippen LogP contribution in [0.1, 0.15) is 169 Å². The Labute approximate surface area is 598 Å². The number of fused-ring (bicyclic) bond motifs is 1. The minimum atomic E-state index is -1.79. The van der Waals surface area contributed by atoms with Crippen molar-refractivity contribution in [2.24, 2.45) is 97.5 Å². The Morgan fingerprint density at radius 2 is 0.931 bits per heavy atom. The predicted octanol–water partition coefficient (Wildman–Crippen LogP) is 1.86. The second-order valence-electron chi connectivity index (χ2n) is 27.3. The van der Waals surface area contributed by atoms with Crippen molar-refractivity contribution in [3.8, 4) is 0 Å². The van der Waals surface area contributed by atoms with Crippen molar-refractivity contribution in [2.75, 3.05) is 44.8 Å². The number of primary amides is 1. The van der Waals surface area contributed by atoms with Crippen molar-refractivity contribution in [1.29, 1.82) is 0 Å². The zero-order chi connectivity index (χ0) is 75.9. The van der Waals surface area contributed by atoms with E-state index < -0.39 is 169 Å². The van der Waals surface area contributed by atoms with Gasteiger partial charge in [0.05, 0.1) is 43.2 Å². The molecule has 12 atom stereocenters. The van der Waals surface area contributed by atoms with Crippen LogP contribution < -0.4 is 66.7 Å². The largest absolute Gasteiger partial charge is 0.481 e. The van der Waals surface area contributed by atoms with Gasteiger partial charge < -0.3 is 82.0 Å². The number of amides is 6. The SMILES string of the molecule is CSCC[C@H](CC(=O)[C@H](CO)NC(=O)[C@H](CCCN=C(N)N)CC(=O)[C@H](CC(C)C)NC(=O)[C@@H](C)CCCCN)C(=O)N[C@H](C(=O)C[C@@H](CC(=O)O)C(=O)N[C@@H](CCCCN)C(=O)C[C@@H](Cc1ccc2ccccc2c1)C(=O)N[C@@H](CCCN=C(N)N)C(=O)C[C@@H](CC(C)C)C(N)=O)[C@@H](C)O. The molecular formula is C71H116N14O15S. The average Bonchev–Trinajstić information content (AvgIpc) is 0.820. The lowest BCUT2D eigenvalue weighted by Crippen LogP contribution is -2.52. The Kier molecular flexibility index (Phi) is 42.4. The number of thioether (sulfide) groups is 1. The maximum absolute atomic E-state index is 14.8. The third-order valence-corrected chi connectivity index (χ3v) is 18.2. The van der Waals surface area contributed by atoms with E-state index >= 15 is 0 Å². The second-order valence-corrected chi connectivity index (χ2v) is 28.3. The van der Waals surface area contributed by atoms with E-state index in [4.69, 9.17) is 40.1 Å². The summed E-state index contributed by atoms with van der Waals surface area (Å²) in [7, 11) is 0. The normalized spacial score (nSPS) is 15.0. The lowest BCUT2D eigenvalue weighted by Gasteiger charge is -2.27.